The third kappa shape index (κ3) is 3.82. The smallest absolute Gasteiger partial charge is 0.339 e. The minimum atomic E-state index is -0.659. The third-order valence-corrected chi connectivity index (χ3v) is 3.37. The summed E-state index contributed by atoms with van der Waals surface area (Å²) in [5.41, 5.74) is 1.96. The first-order valence-electron chi connectivity index (χ1n) is 6.92. The fourth-order valence-electron chi connectivity index (χ4n) is 2.15. The summed E-state index contributed by atoms with van der Waals surface area (Å²) in [6.07, 6.45) is 1.28. The summed E-state index contributed by atoms with van der Waals surface area (Å²) in [6, 6.07) is 9.05. The number of esters is 1. The van der Waals surface area contributed by atoms with Crippen LogP contribution in [0.3, 0.4) is 0 Å². The molecule has 0 aliphatic heterocycles. The van der Waals surface area contributed by atoms with Crippen molar-refractivity contribution >= 4 is 17.5 Å². The molecule has 0 spiro atoms. The lowest BCUT2D eigenvalue weighted by molar-refractivity contribution is -0.384. The Balaban J connectivity index is 2.31. The van der Waals surface area contributed by atoms with Crippen molar-refractivity contribution in [1.82, 2.24) is 4.98 Å². The normalized spacial score (nSPS) is 10.2. The molecule has 2 rings (SSSR count). The van der Waals surface area contributed by atoms with Gasteiger partial charge < -0.3 is 9.64 Å². The number of hydrogen-bond acceptors (Lipinski definition) is 6. The number of hydrogen-bond donors (Lipinski definition) is 0. The van der Waals surface area contributed by atoms with Crippen molar-refractivity contribution in [3.8, 4) is 0 Å². The van der Waals surface area contributed by atoms with E-state index in [1.807, 2.05) is 31.2 Å². The second-order valence-corrected chi connectivity index (χ2v) is 5.16. The van der Waals surface area contributed by atoms with Crippen LogP contribution >= 0.6 is 0 Å². The number of rotatable bonds is 5. The van der Waals surface area contributed by atoms with Crippen molar-refractivity contribution in [2.75, 3.05) is 19.1 Å². The molecule has 23 heavy (non-hydrogen) atoms. The van der Waals surface area contributed by atoms with Crippen molar-refractivity contribution in [3.05, 3.63) is 63.3 Å². The number of anilines is 1. The van der Waals surface area contributed by atoms with Crippen LogP contribution in [-0.2, 0) is 11.3 Å². The number of ether oxygens (including phenoxy) is 1. The van der Waals surface area contributed by atoms with Gasteiger partial charge in [0.2, 0.25) is 5.82 Å². The van der Waals surface area contributed by atoms with Crippen molar-refractivity contribution in [2.24, 2.45) is 0 Å². The Morgan fingerprint density at radius 3 is 2.57 bits per heavy atom. The number of nitrogens with zero attached hydrogens (tertiary/aromatic N) is 3. The molecule has 120 valence electrons. The number of carbonyl (C=O) groups excluding carboxylic acids is 1. The Morgan fingerprint density at radius 1 is 1.35 bits per heavy atom. The summed E-state index contributed by atoms with van der Waals surface area (Å²) in [5, 5.41) is 11.3. The summed E-state index contributed by atoms with van der Waals surface area (Å²) in [5.74, 6) is -0.462. The number of nitro groups is 1. The summed E-state index contributed by atoms with van der Waals surface area (Å²) >= 11 is 0. The number of benzene rings is 1. The van der Waals surface area contributed by atoms with Crippen molar-refractivity contribution < 1.29 is 14.5 Å². The number of pyridine rings is 1. The van der Waals surface area contributed by atoms with Crippen molar-refractivity contribution in [1.29, 1.82) is 0 Å². The van der Waals surface area contributed by atoms with Crippen molar-refractivity contribution in [2.45, 2.75) is 13.5 Å². The van der Waals surface area contributed by atoms with E-state index >= 15 is 0 Å². The van der Waals surface area contributed by atoms with Gasteiger partial charge in [0, 0.05) is 25.9 Å². The van der Waals surface area contributed by atoms with Crippen LogP contribution < -0.4 is 4.90 Å². The second kappa shape index (κ2) is 6.87. The number of aryl methyl sites for hydroxylation is 1. The van der Waals surface area contributed by atoms with E-state index in [-0.39, 0.29) is 17.1 Å². The van der Waals surface area contributed by atoms with Gasteiger partial charge in [-0.2, -0.15) is 0 Å². The largest absolute Gasteiger partial charge is 0.465 e. The maximum atomic E-state index is 11.5. The lowest BCUT2D eigenvalue weighted by atomic mass is 10.1. The van der Waals surface area contributed by atoms with Crippen LogP contribution in [0, 0.1) is 17.0 Å². The highest BCUT2D eigenvalue weighted by Gasteiger charge is 2.22. The average Bonchev–Trinajstić information content (AvgIpc) is 2.55. The molecule has 2 aromatic rings. The maximum Gasteiger partial charge on any atom is 0.339 e. The fourth-order valence-corrected chi connectivity index (χ4v) is 2.15. The standard InChI is InChI=1S/C16H17N3O4/c1-11-4-6-12(7-5-11)10-18(2)15-14(19(21)22)8-13(9-17-15)16(20)23-3/h4-9H,10H2,1-3H3. The molecule has 1 heterocycles. The Labute approximate surface area is 133 Å². The third-order valence-electron chi connectivity index (χ3n) is 3.37. The van der Waals surface area contributed by atoms with Gasteiger partial charge in [-0.1, -0.05) is 29.8 Å². The van der Waals surface area contributed by atoms with E-state index in [4.69, 9.17) is 0 Å². The van der Waals surface area contributed by atoms with E-state index in [9.17, 15) is 14.9 Å². The van der Waals surface area contributed by atoms with E-state index < -0.39 is 10.9 Å². The van der Waals surface area contributed by atoms with Gasteiger partial charge in [-0.05, 0) is 12.5 Å². The lowest BCUT2D eigenvalue weighted by Crippen LogP contribution is -2.19. The van der Waals surface area contributed by atoms with Crippen LogP contribution in [-0.4, -0.2) is 30.0 Å². The topological polar surface area (TPSA) is 85.6 Å². The number of carbonyl (C=O) groups is 1. The number of aromatic nitrogens is 1. The summed E-state index contributed by atoms with van der Waals surface area (Å²) in [6.45, 7) is 2.46. The molecule has 1 aromatic heterocycles. The van der Waals surface area contributed by atoms with Gasteiger partial charge in [0.1, 0.15) is 0 Å². The van der Waals surface area contributed by atoms with Crippen LogP contribution in [0.15, 0.2) is 36.5 Å². The fraction of sp³-hybridized carbons (Fsp3) is 0.250. The number of methoxy groups -OCH3 is 1. The molecule has 0 unspecified atom stereocenters. The first-order valence-corrected chi connectivity index (χ1v) is 6.92. The SMILES string of the molecule is COC(=O)c1cnc(N(C)Cc2ccc(C)cc2)c([N+](=O)[O-])c1. The molecule has 0 atom stereocenters. The van der Waals surface area contributed by atoms with Crippen LogP contribution in [0.25, 0.3) is 0 Å². The first kappa shape index (κ1) is 16.4. The monoisotopic (exact) mass is 315 g/mol. The summed E-state index contributed by atoms with van der Waals surface area (Å²) in [7, 11) is 2.93. The molecule has 1 aromatic carbocycles. The Morgan fingerprint density at radius 2 is 2.00 bits per heavy atom. The zero-order chi connectivity index (χ0) is 17.0. The van der Waals surface area contributed by atoms with E-state index in [0.29, 0.717) is 6.54 Å². The van der Waals surface area contributed by atoms with E-state index in [1.165, 1.54) is 19.4 Å². The van der Waals surface area contributed by atoms with Gasteiger partial charge >= 0.3 is 11.7 Å². The summed E-state index contributed by atoms with van der Waals surface area (Å²) in [4.78, 5) is 27.9. The quantitative estimate of drug-likeness (QED) is 0.479. The molecule has 0 radical (unpaired) electrons. The predicted octanol–water partition coefficient (Wildman–Crippen LogP) is 2.72. The van der Waals surface area contributed by atoms with Gasteiger partial charge in [0.15, 0.2) is 0 Å². The van der Waals surface area contributed by atoms with Gasteiger partial charge in [-0.3, -0.25) is 10.1 Å². The molecule has 0 fully saturated rings. The highest BCUT2D eigenvalue weighted by molar-refractivity contribution is 5.90. The van der Waals surface area contributed by atoms with Crippen LogP contribution in [0.1, 0.15) is 21.5 Å². The first-order chi connectivity index (χ1) is 10.9. The molecular formula is C16H17N3O4. The van der Waals surface area contributed by atoms with Crippen molar-refractivity contribution in [3.63, 3.8) is 0 Å². The van der Waals surface area contributed by atoms with Gasteiger partial charge in [0.05, 0.1) is 17.6 Å². The van der Waals surface area contributed by atoms with Crippen LogP contribution in [0.5, 0.6) is 0 Å². The Bertz CT molecular complexity index is 729. The second-order valence-electron chi connectivity index (χ2n) is 5.16. The molecule has 0 saturated carbocycles. The highest BCUT2D eigenvalue weighted by Crippen LogP contribution is 2.27. The van der Waals surface area contributed by atoms with Crippen LogP contribution in [0.2, 0.25) is 0 Å². The molecule has 7 heteroatoms. The molecule has 0 aliphatic rings. The van der Waals surface area contributed by atoms with Gasteiger partial charge in [0.25, 0.3) is 0 Å². The molecule has 7 nitrogen and oxygen atoms in total. The molecule has 0 saturated heterocycles. The summed E-state index contributed by atoms with van der Waals surface area (Å²) < 4.78 is 4.56. The predicted molar refractivity (Wildman–Crippen MR) is 85.5 cm³/mol. The highest BCUT2D eigenvalue weighted by atomic mass is 16.6. The Hall–Kier alpha value is -2.96. The molecule has 0 amide bonds. The molecule has 0 aliphatic carbocycles. The minimum absolute atomic E-state index is 0.0479. The van der Waals surface area contributed by atoms with Gasteiger partial charge in [-0.15, -0.1) is 0 Å². The maximum absolute atomic E-state index is 11.5. The molecule has 0 bridgehead atoms. The lowest BCUT2D eigenvalue weighted by Gasteiger charge is -2.18. The van der Waals surface area contributed by atoms with E-state index in [0.717, 1.165) is 11.1 Å². The molecule has 0 N–H and O–H groups in total. The van der Waals surface area contributed by atoms with Crippen LogP contribution in [0.4, 0.5) is 11.5 Å². The van der Waals surface area contributed by atoms with E-state index in [1.54, 1.807) is 11.9 Å². The average molecular weight is 315 g/mol. The Kier molecular flexibility index (Phi) is 4.90. The zero-order valence-corrected chi connectivity index (χ0v) is 13.1. The minimum Gasteiger partial charge on any atom is -0.465 e. The molecular weight excluding hydrogens is 298 g/mol. The zero-order valence-electron chi connectivity index (χ0n) is 13.1. The van der Waals surface area contributed by atoms with E-state index in [2.05, 4.69) is 9.72 Å². The van der Waals surface area contributed by atoms with Gasteiger partial charge in [-0.25, -0.2) is 9.78 Å².